The van der Waals surface area contributed by atoms with Crippen molar-refractivity contribution in [3.63, 3.8) is 0 Å². The van der Waals surface area contributed by atoms with Crippen LogP contribution in [0, 0.1) is 6.92 Å². The van der Waals surface area contributed by atoms with Gasteiger partial charge in [0.25, 0.3) is 0 Å². The number of ether oxygens (including phenoxy) is 1. The van der Waals surface area contributed by atoms with Gasteiger partial charge in [0.1, 0.15) is 11.6 Å². The van der Waals surface area contributed by atoms with Crippen LogP contribution < -0.4 is 21.1 Å². The van der Waals surface area contributed by atoms with Gasteiger partial charge in [-0.2, -0.15) is 18.2 Å². The fraction of sp³-hybridized carbons (Fsp3) is 0.150. The first-order valence-electron chi connectivity index (χ1n) is 9.57. The van der Waals surface area contributed by atoms with Gasteiger partial charge in [-0.1, -0.05) is 0 Å². The molecule has 2 aromatic heterocycles. The van der Waals surface area contributed by atoms with E-state index in [0.717, 1.165) is 12.1 Å². The number of fused-ring (bicyclic) bond motifs is 1. The summed E-state index contributed by atoms with van der Waals surface area (Å²) >= 11 is 0. The molecule has 0 amide bonds. The summed E-state index contributed by atoms with van der Waals surface area (Å²) in [4.78, 5) is 22.3. The van der Waals surface area contributed by atoms with E-state index in [1.807, 2.05) is 0 Å². The van der Waals surface area contributed by atoms with Crippen LogP contribution >= 0.6 is 0 Å². The third-order valence-corrected chi connectivity index (χ3v) is 4.31. The van der Waals surface area contributed by atoms with Gasteiger partial charge in [-0.15, -0.1) is 0 Å². The first kappa shape index (κ1) is 19.0. The Hall–Kier alpha value is -4.02. The number of aromatic nitrogens is 3. The Balaban J connectivity index is 1.62. The molecule has 0 saturated heterocycles. The maximum Gasteiger partial charge on any atom is 0.417 e. The van der Waals surface area contributed by atoms with Gasteiger partial charge >= 0.3 is 11.9 Å². The second-order valence-electron chi connectivity index (χ2n) is 6.59. The van der Waals surface area contributed by atoms with Crippen molar-refractivity contribution in [2.45, 2.75) is 13.1 Å². The van der Waals surface area contributed by atoms with E-state index in [9.17, 15) is 18.0 Å². The number of aryl methyl sites for hydroxylation is 1. The normalized spacial score (nSPS) is 11.9. The van der Waals surface area contributed by atoms with Crippen molar-refractivity contribution in [3.8, 4) is 5.75 Å². The molecule has 160 valence electrons. The topological polar surface area (TPSA) is 105 Å². The number of rotatable bonds is 5. The average Bonchev–Trinajstić information content (AvgIpc) is 3.09. The molecule has 0 unspecified atom stereocenters. The molecule has 0 radical (unpaired) electrons. The first-order valence-corrected chi connectivity index (χ1v) is 8.86. The molecule has 2 aromatic carbocycles. The largest absolute Gasteiger partial charge is 0.497 e. The summed E-state index contributed by atoms with van der Waals surface area (Å²) in [5.74, 6) is -0.226. The number of oxazole rings is 1. The lowest BCUT2D eigenvalue weighted by Crippen LogP contribution is -2.07. The van der Waals surface area contributed by atoms with E-state index in [2.05, 4.69) is 25.6 Å². The number of alkyl halides is 3. The van der Waals surface area contributed by atoms with Crippen LogP contribution in [0.15, 0.2) is 51.8 Å². The van der Waals surface area contributed by atoms with Crippen LogP contribution in [0.5, 0.6) is 5.75 Å². The number of nitrogens with zero attached hydrogens (tertiary/aromatic N) is 2. The van der Waals surface area contributed by atoms with Gasteiger partial charge in [-0.3, -0.25) is 4.98 Å². The van der Waals surface area contributed by atoms with Crippen molar-refractivity contribution in [2.24, 2.45) is 0 Å². The molecule has 0 spiro atoms. The minimum absolute atomic E-state index is 0.0482. The summed E-state index contributed by atoms with van der Waals surface area (Å²) < 4.78 is 56.6. The van der Waals surface area contributed by atoms with Crippen molar-refractivity contribution in [2.75, 3.05) is 17.7 Å². The highest BCUT2D eigenvalue weighted by Gasteiger charge is 2.31. The zero-order valence-electron chi connectivity index (χ0n) is 17.0. The van der Waals surface area contributed by atoms with Crippen LogP contribution in [0.1, 0.15) is 12.5 Å². The van der Waals surface area contributed by atoms with E-state index in [1.165, 1.54) is 12.3 Å². The highest BCUT2D eigenvalue weighted by molar-refractivity contribution is 5.78. The van der Waals surface area contributed by atoms with Crippen molar-refractivity contribution < 1.29 is 23.7 Å². The molecule has 4 aromatic rings. The van der Waals surface area contributed by atoms with E-state index in [4.69, 9.17) is 10.5 Å². The Bertz CT molecular complexity index is 1340. The number of hydrogen-bond donors (Lipinski definition) is 3. The maximum absolute atomic E-state index is 13.2. The van der Waals surface area contributed by atoms with E-state index >= 15 is 0 Å². The number of H-pyrrole nitrogens is 1. The molecule has 31 heavy (non-hydrogen) atoms. The molecular weight excluding hydrogens is 415 g/mol. The minimum Gasteiger partial charge on any atom is -0.497 e. The van der Waals surface area contributed by atoms with Gasteiger partial charge in [0.15, 0.2) is 5.58 Å². The number of anilines is 4. The van der Waals surface area contributed by atoms with Crippen LogP contribution in [0.4, 0.5) is 36.3 Å². The lowest BCUT2D eigenvalue weighted by Gasteiger charge is -2.14. The first-order chi connectivity index (χ1) is 15.2. The Morgan fingerprint density at radius 3 is 2.77 bits per heavy atom. The third-order valence-electron chi connectivity index (χ3n) is 4.31. The highest BCUT2D eigenvalue weighted by atomic mass is 19.4. The molecule has 0 fully saturated rings. The quantitative estimate of drug-likeness (QED) is 0.419. The standard InChI is InChI=1S/C20H16F3N5O3/c1-10-9-24-18(26-13-5-11(20(21,22)23)6-14(7-13)30-2)28-17(10)25-12-3-4-16-15(8-12)27-19(29)31-16/h3-9H,1-2H3,(H,27,29)(H2,24,25,26,28)/i2D. The molecule has 0 atom stereocenters. The molecule has 2 heterocycles. The number of nitrogens with one attached hydrogen (secondary N) is 3. The zero-order valence-corrected chi connectivity index (χ0v) is 16.0. The van der Waals surface area contributed by atoms with Gasteiger partial charge in [0.05, 0.1) is 19.5 Å². The van der Waals surface area contributed by atoms with Gasteiger partial charge in [-0.25, -0.2) is 9.78 Å². The molecule has 4 rings (SSSR count). The van der Waals surface area contributed by atoms with Crippen molar-refractivity contribution in [1.29, 1.82) is 0 Å². The molecule has 11 heteroatoms. The highest BCUT2D eigenvalue weighted by Crippen LogP contribution is 2.34. The number of benzene rings is 2. The lowest BCUT2D eigenvalue weighted by molar-refractivity contribution is -0.137. The Morgan fingerprint density at radius 2 is 2.00 bits per heavy atom. The predicted molar refractivity (Wildman–Crippen MR) is 108 cm³/mol. The van der Waals surface area contributed by atoms with Crippen LogP contribution in [-0.2, 0) is 6.18 Å². The van der Waals surface area contributed by atoms with Crippen LogP contribution in [0.25, 0.3) is 11.1 Å². The summed E-state index contributed by atoms with van der Waals surface area (Å²) in [5, 5.41) is 5.82. The third kappa shape index (κ3) is 4.44. The monoisotopic (exact) mass is 432 g/mol. The molecule has 0 aliphatic rings. The number of hydrogen-bond acceptors (Lipinski definition) is 7. The van der Waals surface area contributed by atoms with E-state index in [1.54, 1.807) is 25.1 Å². The lowest BCUT2D eigenvalue weighted by atomic mass is 10.2. The smallest absolute Gasteiger partial charge is 0.417 e. The molecule has 0 aliphatic heterocycles. The molecular formula is C20H16F3N5O3. The van der Waals surface area contributed by atoms with Gasteiger partial charge in [0.2, 0.25) is 5.95 Å². The second kappa shape index (κ2) is 7.67. The Kier molecular flexibility index (Phi) is 4.69. The average molecular weight is 432 g/mol. The Morgan fingerprint density at radius 1 is 1.16 bits per heavy atom. The number of halogens is 3. The van der Waals surface area contributed by atoms with E-state index < -0.39 is 24.6 Å². The van der Waals surface area contributed by atoms with Crippen LogP contribution in [0.3, 0.4) is 0 Å². The van der Waals surface area contributed by atoms with Crippen molar-refractivity contribution in [1.82, 2.24) is 15.0 Å². The van der Waals surface area contributed by atoms with Gasteiger partial charge < -0.3 is 19.8 Å². The second-order valence-corrected chi connectivity index (χ2v) is 6.59. The fourth-order valence-electron chi connectivity index (χ4n) is 2.84. The molecule has 0 bridgehead atoms. The summed E-state index contributed by atoms with van der Waals surface area (Å²) in [7, 11) is -0.526. The summed E-state index contributed by atoms with van der Waals surface area (Å²) in [6.07, 6.45) is -3.09. The molecule has 8 nitrogen and oxygen atoms in total. The number of methoxy groups -OCH3 is 1. The summed E-state index contributed by atoms with van der Waals surface area (Å²) in [5.41, 5.74) is 1.30. The zero-order chi connectivity index (χ0) is 22.9. The van der Waals surface area contributed by atoms with Gasteiger partial charge in [-0.05, 0) is 37.3 Å². The van der Waals surface area contributed by atoms with Gasteiger partial charge in [0, 0.05) is 29.2 Å². The van der Waals surface area contributed by atoms with Crippen molar-refractivity contribution >= 4 is 34.2 Å². The summed E-state index contributed by atoms with van der Waals surface area (Å²) in [6, 6.07) is 8.00. The van der Waals surface area contributed by atoms with E-state index in [-0.39, 0.29) is 17.4 Å². The van der Waals surface area contributed by atoms with Crippen molar-refractivity contribution in [3.05, 3.63) is 64.3 Å². The Labute approximate surface area is 174 Å². The minimum atomic E-state index is -4.59. The molecule has 0 aliphatic carbocycles. The SMILES string of the molecule is [2H]COc1cc(Nc2ncc(C)c(Nc3ccc4oc(=O)[nH]c4c3)n2)cc(C(F)(F)F)c1. The predicted octanol–water partition coefficient (Wildman–Crippen LogP) is 4.73. The van der Waals surface area contributed by atoms with Crippen LogP contribution in [0.2, 0.25) is 0 Å². The van der Waals surface area contributed by atoms with E-state index in [0.29, 0.717) is 28.2 Å². The van der Waals surface area contributed by atoms with Crippen LogP contribution in [-0.4, -0.2) is 22.0 Å². The molecule has 0 saturated carbocycles. The maximum atomic E-state index is 13.2. The number of aromatic amines is 1. The fourth-order valence-corrected chi connectivity index (χ4v) is 2.84. The summed E-state index contributed by atoms with van der Waals surface area (Å²) in [6.45, 7) is 1.76. The molecule has 3 N–H and O–H groups in total.